The van der Waals surface area contributed by atoms with E-state index in [-0.39, 0.29) is 0 Å². The summed E-state index contributed by atoms with van der Waals surface area (Å²) in [5.74, 6) is 0. The number of aryl methyl sites for hydroxylation is 1. The van der Waals surface area contributed by atoms with Crippen LogP contribution in [0.3, 0.4) is 0 Å². The standard InChI is InChI=1S/C18H29N3/c1-15(14-21-10-3-4-11-21)19-13-16-7-8-18-17(12-16)6-5-9-20(18)2/h7-8,12,15,19H,3-6,9-11,13-14H2,1-2H3. The fourth-order valence-corrected chi connectivity index (χ4v) is 3.66. The van der Waals surface area contributed by atoms with E-state index in [1.165, 1.54) is 68.7 Å². The molecule has 1 N–H and O–H groups in total. The Labute approximate surface area is 129 Å². The van der Waals surface area contributed by atoms with Crippen LogP contribution in [0.15, 0.2) is 18.2 Å². The molecule has 2 aliphatic heterocycles. The van der Waals surface area contributed by atoms with Gasteiger partial charge in [0.05, 0.1) is 0 Å². The van der Waals surface area contributed by atoms with Crippen LogP contribution in [0.4, 0.5) is 5.69 Å². The maximum atomic E-state index is 3.69. The van der Waals surface area contributed by atoms with E-state index in [2.05, 4.69) is 47.3 Å². The minimum atomic E-state index is 0.571. The van der Waals surface area contributed by atoms with Crippen LogP contribution < -0.4 is 10.2 Å². The van der Waals surface area contributed by atoms with Gasteiger partial charge in [0, 0.05) is 38.4 Å². The lowest BCUT2D eigenvalue weighted by Gasteiger charge is -2.28. The highest BCUT2D eigenvalue weighted by Crippen LogP contribution is 2.26. The molecule has 3 nitrogen and oxygen atoms in total. The second-order valence-electron chi connectivity index (χ2n) is 6.78. The van der Waals surface area contributed by atoms with Crippen molar-refractivity contribution in [1.29, 1.82) is 0 Å². The Hall–Kier alpha value is -1.06. The molecule has 1 saturated heterocycles. The Morgan fingerprint density at radius 2 is 1.95 bits per heavy atom. The number of rotatable bonds is 5. The van der Waals surface area contributed by atoms with E-state index in [0.717, 1.165) is 6.54 Å². The van der Waals surface area contributed by atoms with Crippen LogP contribution >= 0.6 is 0 Å². The minimum Gasteiger partial charge on any atom is -0.374 e. The van der Waals surface area contributed by atoms with Crippen molar-refractivity contribution in [3.63, 3.8) is 0 Å². The van der Waals surface area contributed by atoms with Crippen LogP contribution in [-0.4, -0.2) is 44.2 Å². The lowest BCUT2D eigenvalue weighted by Crippen LogP contribution is -2.37. The highest BCUT2D eigenvalue weighted by Gasteiger charge is 2.15. The van der Waals surface area contributed by atoms with Crippen molar-refractivity contribution in [2.24, 2.45) is 0 Å². The fourth-order valence-electron chi connectivity index (χ4n) is 3.66. The molecular formula is C18H29N3. The van der Waals surface area contributed by atoms with Crippen molar-refractivity contribution in [2.75, 3.05) is 38.1 Å². The molecule has 3 heteroatoms. The first-order chi connectivity index (χ1) is 10.2. The van der Waals surface area contributed by atoms with Gasteiger partial charge in [-0.05, 0) is 62.9 Å². The molecule has 1 atom stereocenters. The van der Waals surface area contributed by atoms with Gasteiger partial charge in [0.1, 0.15) is 0 Å². The number of nitrogens with one attached hydrogen (secondary N) is 1. The van der Waals surface area contributed by atoms with Gasteiger partial charge in [0.15, 0.2) is 0 Å². The average Bonchev–Trinajstić information content (AvgIpc) is 2.98. The average molecular weight is 287 g/mol. The van der Waals surface area contributed by atoms with Crippen LogP contribution in [0.25, 0.3) is 0 Å². The third-order valence-electron chi connectivity index (χ3n) is 4.88. The monoisotopic (exact) mass is 287 g/mol. The summed E-state index contributed by atoms with van der Waals surface area (Å²) in [5.41, 5.74) is 4.38. The Morgan fingerprint density at radius 1 is 1.14 bits per heavy atom. The Bertz CT molecular complexity index is 466. The van der Waals surface area contributed by atoms with Crippen LogP contribution in [0.2, 0.25) is 0 Å². The van der Waals surface area contributed by atoms with E-state index in [1.807, 2.05) is 0 Å². The number of nitrogens with zero attached hydrogens (tertiary/aromatic N) is 2. The number of likely N-dealkylation sites (tertiary alicyclic amines) is 1. The molecule has 21 heavy (non-hydrogen) atoms. The maximum absolute atomic E-state index is 3.69. The predicted molar refractivity (Wildman–Crippen MR) is 90.0 cm³/mol. The Kier molecular flexibility index (Phi) is 4.81. The fraction of sp³-hybridized carbons (Fsp3) is 0.667. The van der Waals surface area contributed by atoms with Gasteiger partial charge < -0.3 is 15.1 Å². The molecule has 2 heterocycles. The van der Waals surface area contributed by atoms with E-state index in [0.29, 0.717) is 6.04 Å². The van der Waals surface area contributed by atoms with Gasteiger partial charge in [0.2, 0.25) is 0 Å². The summed E-state index contributed by atoms with van der Waals surface area (Å²) in [4.78, 5) is 4.96. The molecule has 0 spiro atoms. The first kappa shape index (κ1) is 14.9. The molecule has 0 bridgehead atoms. The van der Waals surface area contributed by atoms with Crippen molar-refractivity contribution in [2.45, 2.75) is 45.2 Å². The second-order valence-corrected chi connectivity index (χ2v) is 6.78. The predicted octanol–water partition coefficient (Wildman–Crippen LogP) is 2.64. The van der Waals surface area contributed by atoms with Crippen molar-refractivity contribution in [1.82, 2.24) is 10.2 Å². The van der Waals surface area contributed by atoms with Gasteiger partial charge >= 0.3 is 0 Å². The molecular weight excluding hydrogens is 258 g/mol. The van der Waals surface area contributed by atoms with Crippen LogP contribution in [-0.2, 0) is 13.0 Å². The molecule has 1 aromatic carbocycles. The molecule has 0 radical (unpaired) electrons. The van der Waals surface area contributed by atoms with Gasteiger partial charge in [-0.15, -0.1) is 0 Å². The molecule has 0 amide bonds. The lowest BCUT2D eigenvalue weighted by atomic mass is 9.99. The molecule has 0 saturated carbocycles. The summed E-state index contributed by atoms with van der Waals surface area (Å²) in [5, 5.41) is 3.69. The van der Waals surface area contributed by atoms with Crippen LogP contribution in [0.5, 0.6) is 0 Å². The van der Waals surface area contributed by atoms with Gasteiger partial charge in [-0.2, -0.15) is 0 Å². The van der Waals surface area contributed by atoms with Crippen molar-refractivity contribution < 1.29 is 0 Å². The molecule has 116 valence electrons. The number of anilines is 1. The molecule has 1 aromatic rings. The van der Waals surface area contributed by atoms with Crippen LogP contribution in [0, 0.1) is 0 Å². The van der Waals surface area contributed by atoms with Gasteiger partial charge in [0.25, 0.3) is 0 Å². The Morgan fingerprint density at radius 3 is 2.76 bits per heavy atom. The molecule has 1 unspecified atom stereocenters. The van der Waals surface area contributed by atoms with Crippen molar-refractivity contribution >= 4 is 5.69 Å². The minimum absolute atomic E-state index is 0.571. The van der Waals surface area contributed by atoms with E-state index in [9.17, 15) is 0 Å². The molecule has 0 aromatic heterocycles. The van der Waals surface area contributed by atoms with E-state index >= 15 is 0 Å². The number of fused-ring (bicyclic) bond motifs is 1. The number of benzene rings is 1. The SMILES string of the molecule is CC(CN1CCCC1)NCc1ccc2c(c1)CCCN2C. The zero-order valence-corrected chi connectivity index (χ0v) is 13.6. The maximum Gasteiger partial charge on any atom is 0.0396 e. The van der Waals surface area contributed by atoms with Crippen molar-refractivity contribution in [3.05, 3.63) is 29.3 Å². The summed E-state index contributed by atoms with van der Waals surface area (Å²) in [6.45, 7) is 8.26. The summed E-state index contributed by atoms with van der Waals surface area (Å²) in [7, 11) is 2.20. The molecule has 1 fully saturated rings. The third-order valence-corrected chi connectivity index (χ3v) is 4.88. The van der Waals surface area contributed by atoms with Gasteiger partial charge in [-0.3, -0.25) is 0 Å². The van der Waals surface area contributed by atoms with Crippen molar-refractivity contribution in [3.8, 4) is 0 Å². The quantitative estimate of drug-likeness (QED) is 0.898. The topological polar surface area (TPSA) is 18.5 Å². The smallest absolute Gasteiger partial charge is 0.0396 e. The normalized spacial score (nSPS) is 20.6. The third kappa shape index (κ3) is 3.78. The van der Waals surface area contributed by atoms with E-state index in [1.54, 1.807) is 0 Å². The number of hydrogen-bond acceptors (Lipinski definition) is 3. The molecule has 2 aliphatic rings. The zero-order valence-electron chi connectivity index (χ0n) is 13.6. The highest BCUT2D eigenvalue weighted by molar-refractivity contribution is 5.56. The largest absolute Gasteiger partial charge is 0.374 e. The number of hydrogen-bond donors (Lipinski definition) is 1. The molecule has 3 rings (SSSR count). The summed E-state index contributed by atoms with van der Waals surface area (Å²) >= 11 is 0. The van der Waals surface area contributed by atoms with Gasteiger partial charge in [-0.25, -0.2) is 0 Å². The second kappa shape index (κ2) is 6.80. The van der Waals surface area contributed by atoms with E-state index < -0.39 is 0 Å². The van der Waals surface area contributed by atoms with Gasteiger partial charge in [-0.1, -0.05) is 12.1 Å². The molecule has 0 aliphatic carbocycles. The summed E-state index contributed by atoms with van der Waals surface area (Å²) in [6, 6.07) is 7.56. The Balaban J connectivity index is 1.53. The zero-order chi connectivity index (χ0) is 14.7. The first-order valence-corrected chi connectivity index (χ1v) is 8.51. The van der Waals surface area contributed by atoms with E-state index in [4.69, 9.17) is 0 Å². The summed E-state index contributed by atoms with van der Waals surface area (Å²) < 4.78 is 0. The van der Waals surface area contributed by atoms with Crippen LogP contribution in [0.1, 0.15) is 37.3 Å². The highest BCUT2D eigenvalue weighted by atomic mass is 15.2. The lowest BCUT2D eigenvalue weighted by molar-refractivity contribution is 0.298. The summed E-state index contributed by atoms with van der Waals surface area (Å²) in [6.07, 6.45) is 5.28. The first-order valence-electron chi connectivity index (χ1n) is 8.51.